The van der Waals surface area contributed by atoms with E-state index in [9.17, 15) is 0 Å². The quantitative estimate of drug-likeness (QED) is 0.142. The van der Waals surface area contributed by atoms with Crippen LogP contribution in [-0.4, -0.2) is 19.9 Å². The van der Waals surface area contributed by atoms with Gasteiger partial charge in [0.1, 0.15) is 28.2 Å². The molecule has 0 amide bonds. The van der Waals surface area contributed by atoms with Crippen LogP contribution in [0.5, 0.6) is 0 Å². The fraction of sp³-hybridized carbons (Fsp3) is 0.237. The van der Waals surface area contributed by atoms with E-state index in [2.05, 4.69) is 300 Å². The number of aromatic nitrogens is 8. The topological polar surface area (TPSA) is 67.1 Å². The van der Waals surface area contributed by atoms with Crippen molar-refractivity contribution in [3.8, 4) is 78.8 Å². The summed E-state index contributed by atoms with van der Waals surface area (Å²) in [6.45, 7) is 27.9. The third-order valence-electron chi connectivity index (χ3n) is 15.8. The van der Waals surface area contributed by atoms with E-state index < -0.39 is 0 Å². The van der Waals surface area contributed by atoms with E-state index in [0.29, 0.717) is 5.92 Å². The molecule has 3 aromatic carbocycles. The van der Waals surface area contributed by atoms with Crippen molar-refractivity contribution in [2.45, 2.75) is 95.9 Å². The lowest BCUT2D eigenvalue weighted by Crippen LogP contribution is -2.30. The maximum atomic E-state index is 4.93. The minimum absolute atomic E-state index is 0.479. The zero-order chi connectivity index (χ0) is 60.4. The van der Waals surface area contributed by atoms with Gasteiger partial charge < -0.3 is 0 Å². The van der Waals surface area contributed by atoms with Crippen molar-refractivity contribution in [3.63, 3.8) is 0 Å². The Bertz CT molecular complexity index is 4050. The first-order chi connectivity index (χ1) is 40.2. The third kappa shape index (κ3) is 14.0. The van der Waals surface area contributed by atoms with Crippen molar-refractivity contribution >= 4 is 0 Å². The summed E-state index contributed by atoms with van der Waals surface area (Å²) in [5.74, 6) is 0.479. The summed E-state index contributed by atoms with van der Waals surface area (Å²) in [5, 5.41) is 0. The Morgan fingerprint density at radius 1 is 0.298 bits per heavy atom. The van der Waals surface area contributed by atoms with Crippen molar-refractivity contribution in [3.05, 3.63) is 262 Å². The standard InChI is InChI=1S/C21H23N2.2C20H21N2.C15H19N2/c1-14-9-8-10-15(2)20(14)18-13-16(3)21(17(4)22-18)19-11-6-7-12-23(19)5;1-14-8-7-9-15(2)20(14)18-12-16(3)17(13-21-18)19-10-5-6-11-22(19)4;1-14-9-5-6-10-17(14)18-13-15(2)20(16(3)21-18)19-11-7-8-12-22(19)4;1-11(2)14-9-12(3)13(10-16-14)15-7-5-6-8-17(15)4/h6-13H,1-5H3;2*5-13H,1-4H3;5-11H,1-4H3/q4*+1. The van der Waals surface area contributed by atoms with Crippen molar-refractivity contribution in [2.24, 2.45) is 28.2 Å². The van der Waals surface area contributed by atoms with Gasteiger partial charge in [-0.25, -0.2) is 18.3 Å². The largest absolute Gasteiger partial charge is 0.260 e. The van der Waals surface area contributed by atoms with Crippen molar-refractivity contribution < 1.29 is 18.3 Å². The van der Waals surface area contributed by atoms with Crippen LogP contribution >= 0.6 is 0 Å². The summed E-state index contributed by atoms with van der Waals surface area (Å²) in [6, 6.07) is 55.0. The zero-order valence-electron chi connectivity index (χ0n) is 52.6. The summed E-state index contributed by atoms with van der Waals surface area (Å²) in [5.41, 5.74) is 31.2. The predicted octanol–water partition coefficient (Wildman–Crippen LogP) is 15.8. The van der Waals surface area contributed by atoms with Gasteiger partial charge in [-0.3, -0.25) is 19.9 Å². The summed E-state index contributed by atoms with van der Waals surface area (Å²) in [7, 11) is 8.27. The highest BCUT2D eigenvalue weighted by Gasteiger charge is 2.21. The van der Waals surface area contributed by atoms with Crippen LogP contribution in [0.25, 0.3) is 78.8 Å². The second kappa shape index (κ2) is 27.3. The van der Waals surface area contributed by atoms with Gasteiger partial charge in [0.05, 0.1) is 50.7 Å². The van der Waals surface area contributed by atoms with Crippen LogP contribution in [0, 0.1) is 76.2 Å². The molecule has 11 aromatic rings. The normalized spacial score (nSPS) is 10.8. The Hall–Kier alpha value is -9.14. The van der Waals surface area contributed by atoms with Gasteiger partial charge in [-0.15, -0.1) is 0 Å². The van der Waals surface area contributed by atoms with E-state index in [1.165, 1.54) is 112 Å². The fourth-order valence-electron chi connectivity index (χ4n) is 11.3. The maximum absolute atomic E-state index is 4.93. The molecule has 11 rings (SSSR count). The average molecular weight is 1110 g/mol. The number of pyridine rings is 8. The molecule has 424 valence electrons. The minimum atomic E-state index is 0.479. The number of aryl methyl sites for hydroxylation is 15. The summed E-state index contributed by atoms with van der Waals surface area (Å²) < 4.78 is 8.54. The molecule has 0 fully saturated rings. The highest BCUT2D eigenvalue weighted by atomic mass is 14.9. The van der Waals surface area contributed by atoms with E-state index in [0.717, 1.165) is 34.2 Å². The second-order valence-corrected chi connectivity index (χ2v) is 22.7. The van der Waals surface area contributed by atoms with E-state index in [1.54, 1.807) is 0 Å². The smallest absolute Gasteiger partial charge is 0.214 e. The van der Waals surface area contributed by atoms with Crippen LogP contribution in [0.3, 0.4) is 0 Å². The Balaban J connectivity index is 0.000000147. The summed E-state index contributed by atoms with van der Waals surface area (Å²) in [6.07, 6.45) is 12.3. The lowest BCUT2D eigenvalue weighted by molar-refractivity contribution is -0.660. The Kier molecular flexibility index (Phi) is 19.8. The van der Waals surface area contributed by atoms with Gasteiger partial charge in [0.15, 0.2) is 24.8 Å². The van der Waals surface area contributed by atoms with Crippen LogP contribution in [0.1, 0.15) is 86.9 Å². The molecule has 0 N–H and O–H groups in total. The molecular formula is C76H84N8+4. The molecule has 0 aliphatic carbocycles. The zero-order valence-corrected chi connectivity index (χ0v) is 52.6. The van der Waals surface area contributed by atoms with Crippen LogP contribution in [0.15, 0.2) is 195 Å². The van der Waals surface area contributed by atoms with Crippen LogP contribution in [0.2, 0.25) is 0 Å². The molecule has 84 heavy (non-hydrogen) atoms. The number of rotatable bonds is 8. The van der Waals surface area contributed by atoms with Gasteiger partial charge in [0, 0.05) is 83.3 Å². The maximum Gasteiger partial charge on any atom is 0.214 e. The predicted molar refractivity (Wildman–Crippen MR) is 346 cm³/mol. The molecule has 0 radical (unpaired) electrons. The van der Waals surface area contributed by atoms with Crippen LogP contribution in [-0.2, 0) is 28.2 Å². The number of hydrogen-bond acceptors (Lipinski definition) is 4. The Morgan fingerprint density at radius 2 is 0.655 bits per heavy atom. The molecule has 0 aliphatic heterocycles. The van der Waals surface area contributed by atoms with Gasteiger partial charge in [-0.1, -0.05) is 74.5 Å². The molecule has 0 saturated carbocycles. The van der Waals surface area contributed by atoms with Gasteiger partial charge in [0.25, 0.3) is 0 Å². The molecule has 0 aliphatic rings. The lowest BCUT2D eigenvalue weighted by atomic mass is 9.96. The molecule has 0 spiro atoms. The van der Waals surface area contributed by atoms with Gasteiger partial charge in [-0.05, 0) is 181 Å². The van der Waals surface area contributed by atoms with Gasteiger partial charge in [-0.2, -0.15) is 0 Å². The van der Waals surface area contributed by atoms with E-state index in [-0.39, 0.29) is 0 Å². The molecule has 8 nitrogen and oxygen atoms in total. The molecule has 8 aromatic heterocycles. The first-order valence-electron chi connectivity index (χ1n) is 29.1. The first-order valence-corrected chi connectivity index (χ1v) is 29.1. The SMILES string of the molecule is Cc1cc(-c2c(C)cccc2C)ncc1-c1cccc[n+]1C.Cc1cc(C(C)C)ncc1-c1cccc[n+]1C.Cc1cccc(C)c1-c1cc(C)c(-c2cccc[n+]2C)c(C)n1.Cc1ccccc1-c1cc(C)c(-c2cccc[n+]2C)c(C)n1. The van der Waals surface area contributed by atoms with E-state index in [4.69, 9.17) is 15.0 Å². The first kappa shape index (κ1) is 60.9. The van der Waals surface area contributed by atoms with Crippen LogP contribution in [0.4, 0.5) is 0 Å². The van der Waals surface area contributed by atoms with Crippen molar-refractivity contribution in [1.29, 1.82) is 0 Å². The third-order valence-corrected chi connectivity index (χ3v) is 15.8. The number of benzene rings is 3. The number of nitrogens with zero attached hydrogens (tertiary/aromatic N) is 8. The highest BCUT2D eigenvalue weighted by molar-refractivity contribution is 5.75. The minimum Gasteiger partial charge on any atom is -0.260 e. The molecule has 8 heterocycles. The summed E-state index contributed by atoms with van der Waals surface area (Å²) >= 11 is 0. The Morgan fingerprint density at radius 3 is 1.06 bits per heavy atom. The highest BCUT2D eigenvalue weighted by Crippen LogP contribution is 2.33. The second-order valence-electron chi connectivity index (χ2n) is 22.7. The van der Waals surface area contributed by atoms with Gasteiger partial charge >= 0.3 is 0 Å². The number of hydrogen-bond donors (Lipinski definition) is 0. The molecular weight excluding hydrogens is 1020 g/mol. The fourth-order valence-corrected chi connectivity index (χ4v) is 11.3. The van der Waals surface area contributed by atoms with E-state index >= 15 is 0 Å². The van der Waals surface area contributed by atoms with Gasteiger partial charge in [0.2, 0.25) is 22.8 Å². The Labute approximate surface area is 500 Å². The average Bonchev–Trinajstić information content (AvgIpc) is 3.45. The molecule has 0 bridgehead atoms. The summed E-state index contributed by atoms with van der Waals surface area (Å²) in [4.78, 5) is 19.1. The lowest BCUT2D eigenvalue weighted by Gasteiger charge is -2.14. The molecule has 8 heteroatoms. The molecule has 0 saturated heterocycles. The van der Waals surface area contributed by atoms with E-state index in [1.807, 2.05) is 36.7 Å². The van der Waals surface area contributed by atoms with Crippen molar-refractivity contribution in [2.75, 3.05) is 0 Å². The monoisotopic (exact) mass is 1110 g/mol. The molecule has 0 atom stereocenters. The van der Waals surface area contributed by atoms with Crippen LogP contribution < -0.4 is 18.3 Å². The van der Waals surface area contributed by atoms with Crippen molar-refractivity contribution in [1.82, 2.24) is 19.9 Å². The molecule has 0 unspecified atom stereocenters.